The maximum Gasteiger partial charge on any atom is 0.321 e. The number of imide groups is 1. The number of nitrogen functional groups attached to an aromatic ring is 2. The number of halogens is 1. The lowest BCUT2D eigenvalue weighted by Gasteiger charge is -2.33. The summed E-state index contributed by atoms with van der Waals surface area (Å²) in [5.41, 5.74) is 14.5. The van der Waals surface area contributed by atoms with E-state index >= 15 is 0 Å². The first kappa shape index (κ1) is 49.7. The molecule has 0 spiro atoms. The van der Waals surface area contributed by atoms with Crippen molar-refractivity contribution in [1.82, 2.24) is 30.8 Å². The molecule has 0 aliphatic heterocycles. The minimum atomic E-state index is -1.93. The second kappa shape index (κ2) is 24.6. The molecule has 17 N–H and O–H groups in total. The number of urea groups is 1. The van der Waals surface area contributed by atoms with Crippen molar-refractivity contribution in [3.05, 3.63) is 70.5 Å². The molecule has 0 saturated carbocycles. The molecule has 60 heavy (non-hydrogen) atoms. The molecule has 2 aromatic carbocycles. The van der Waals surface area contributed by atoms with E-state index in [9.17, 15) is 55.2 Å². The fourth-order valence-corrected chi connectivity index (χ4v) is 6.01. The Morgan fingerprint density at radius 2 is 1.15 bits per heavy atom. The fourth-order valence-electron chi connectivity index (χ4n) is 5.88. The Balaban J connectivity index is 1.45. The number of carbonyl (C=O) groups is 3. The van der Waals surface area contributed by atoms with E-state index in [1.54, 1.807) is 12.1 Å². The Bertz CT molecular complexity index is 1780. The van der Waals surface area contributed by atoms with E-state index in [-0.39, 0.29) is 47.9 Å². The van der Waals surface area contributed by atoms with Crippen molar-refractivity contribution in [1.29, 1.82) is 0 Å². The molecule has 0 unspecified atom stereocenters. The molecule has 1 heterocycles. The first-order valence-corrected chi connectivity index (χ1v) is 19.3. The Morgan fingerprint density at radius 1 is 0.650 bits per heavy atom. The van der Waals surface area contributed by atoms with Crippen LogP contribution in [0.15, 0.2) is 48.5 Å². The van der Waals surface area contributed by atoms with Crippen LogP contribution in [0.5, 0.6) is 0 Å². The molecule has 0 radical (unpaired) electrons. The molecular formula is C38H55ClN8O13. The molecule has 21 nitrogen and oxygen atoms in total. The van der Waals surface area contributed by atoms with Gasteiger partial charge in [0.2, 0.25) is 5.91 Å². The molecule has 3 aromatic rings. The number of aliphatic hydroxyl groups excluding tert-OH is 10. The van der Waals surface area contributed by atoms with Crippen LogP contribution in [0.2, 0.25) is 5.15 Å². The average molecular weight is 867 g/mol. The van der Waals surface area contributed by atoms with Crippen LogP contribution in [0, 0.1) is 0 Å². The summed E-state index contributed by atoms with van der Waals surface area (Å²) < 4.78 is 0. The second-order valence-corrected chi connectivity index (χ2v) is 14.4. The molecule has 22 heteroatoms. The lowest BCUT2D eigenvalue weighted by atomic mass is 10.00. The van der Waals surface area contributed by atoms with Crippen molar-refractivity contribution in [2.45, 2.75) is 74.5 Å². The number of unbranched alkanes of at least 4 members (excludes halogenated alkanes) is 1. The molecule has 332 valence electrons. The van der Waals surface area contributed by atoms with Gasteiger partial charge in [-0.2, -0.15) is 0 Å². The summed E-state index contributed by atoms with van der Waals surface area (Å²) in [5, 5.41) is 106. The van der Waals surface area contributed by atoms with Crippen LogP contribution in [0.3, 0.4) is 0 Å². The lowest BCUT2D eigenvalue weighted by molar-refractivity contribution is -0.130. The third-order valence-electron chi connectivity index (χ3n) is 9.42. The summed E-state index contributed by atoms with van der Waals surface area (Å²) in [7, 11) is 0. The molecule has 1 aromatic heterocycles. The molecule has 4 amide bonds. The van der Waals surface area contributed by atoms with Gasteiger partial charge in [-0.1, -0.05) is 60.1 Å². The summed E-state index contributed by atoms with van der Waals surface area (Å²) in [6.07, 6.45) is -12.6. The zero-order chi connectivity index (χ0) is 44.5. The van der Waals surface area contributed by atoms with E-state index in [0.717, 1.165) is 29.5 Å². The molecule has 0 aliphatic rings. The number of aryl methyl sites for hydroxylation is 1. The first-order chi connectivity index (χ1) is 28.4. The van der Waals surface area contributed by atoms with Crippen LogP contribution >= 0.6 is 11.6 Å². The molecule has 0 bridgehead atoms. The zero-order valence-corrected chi connectivity index (χ0v) is 33.3. The average Bonchev–Trinajstić information content (AvgIpc) is 3.23. The van der Waals surface area contributed by atoms with Crippen molar-refractivity contribution in [2.24, 2.45) is 0 Å². The normalized spacial score (nSPS) is 15.6. The van der Waals surface area contributed by atoms with Crippen LogP contribution in [0.1, 0.15) is 34.5 Å². The Hall–Kier alpha value is -4.62. The topological polar surface area (TPSA) is 371 Å². The van der Waals surface area contributed by atoms with E-state index in [0.29, 0.717) is 18.5 Å². The van der Waals surface area contributed by atoms with Crippen LogP contribution in [0.25, 0.3) is 11.1 Å². The van der Waals surface area contributed by atoms with Crippen molar-refractivity contribution in [3.63, 3.8) is 0 Å². The van der Waals surface area contributed by atoms with Gasteiger partial charge < -0.3 is 73.2 Å². The zero-order valence-electron chi connectivity index (χ0n) is 32.6. The second-order valence-electron chi connectivity index (χ2n) is 14.1. The number of anilines is 2. The van der Waals surface area contributed by atoms with E-state index in [1.807, 2.05) is 36.4 Å². The highest BCUT2D eigenvalue weighted by Gasteiger charge is 2.34. The van der Waals surface area contributed by atoms with E-state index in [4.69, 9.17) is 33.3 Å². The number of aromatic nitrogens is 2. The lowest BCUT2D eigenvalue weighted by Crippen LogP contribution is -2.54. The number of benzene rings is 2. The van der Waals surface area contributed by atoms with Gasteiger partial charge in [0.25, 0.3) is 5.91 Å². The molecule has 0 saturated heterocycles. The number of aliphatic hydroxyl groups is 10. The summed E-state index contributed by atoms with van der Waals surface area (Å²) in [5.74, 6) is -1.65. The number of amides is 4. The monoisotopic (exact) mass is 866 g/mol. The van der Waals surface area contributed by atoms with Gasteiger partial charge in [-0.3, -0.25) is 19.8 Å². The highest BCUT2D eigenvalue weighted by Crippen LogP contribution is 2.22. The minimum Gasteiger partial charge on any atom is -0.394 e. The van der Waals surface area contributed by atoms with E-state index < -0.39 is 87.1 Å². The summed E-state index contributed by atoms with van der Waals surface area (Å²) in [4.78, 5) is 46.0. The summed E-state index contributed by atoms with van der Waals surface area (Å²) >= 11 is 5.78. The highest BCUT2D eigenvalue weighted by atomic mass is 35.5. The number of nitrogens with two attached hydrogens (primary N) is 2. The molecular weight excluding hydrogens is 812 g/mol. The fraction of sp³-hybridized carbons (Fsp3) is 0.500. The Kier molecular flexibility index (Phi) is 20.4. The minimum absolute atomic E-state index is 0.00593. The Morgan fingerprint density at radius 3 is 1.67 bits per heavy atom. The van der Waals surface area contributed by atoms with E-state index in [1.165, 1.54) is 4.90 Å². The van der Waals surface area contributed by atoms with Crippen molar-refractivity contribution < 1.29 is 65.4 Å². The maximum atomic E-state index is 12.8. The number of carbonyl (C=O) groups excluding carboxylic acids is 3. The van der Waals surface area contributed by atoms with Crippen molar-refractivity contribution in [2.75, 3.05) is 57.4 Å². The van der Waals surface area contributed by atoms with Gasteiger partial charge in [-0.15, -0.1) is 0 Å². The van der Waals surface area contributed by atoms with Crippen LogP contribution in [0.4, 0.5) is 16.4 Å². The van der Waals surface area contributed by atoms with Gasteiger partial charge in [0.1, 0.15) is 36.6 Å². The SMILES string of the molecule is Nc1nc(N)c(C(=O)NC(=O)NCCCCc2ccc(-c3ccc(CC(=O)NCCN(C[C@H](O)[C@@H](O)[C@H](O)[C@H](O)CO)C[C@H](O)[C@@H](O)[C@H](O)[C@H](O)CO)cc3)cc2)nc1Cl. The van der Waals surface area contributed by atoms with Crippen LogP contribution < -0.4 is 27.4 Å². The molecule has 3 rings (SSSR count). The Labute approximate surface area is 350 Å². The number of hydrogen-bond acceptors (Lipinski definition) is 18. The maximum absolute atomic E-state index is 12.8. The number of rotatable bonds is 24. The summed E-state index contributed by atoms with van der Waals surface area (Å²) in [6.45, 7) is -2.52. The van der Waals surface area contributed by atoms with Gasteiger partial charge in [-0.05, 0) is 41.5 Å². The largest absolute Gasteiger partial charge is 0.394 e. The van der Waals surface area contributed by atoms with Gasteiger partial charge in [0, 0.05) is 32.7 Å². The quantitative estimate of drug-likeness (QED) is 0.0385. The standard InChI is InChI=1S/C38H55ClN8O13/c39-34-36(41)45-35(40)29(44-34)37(59)46-38(60)43-12-2-1-3-20-4-8-22(9-5-20)23-10-6-21(7-11-23)15-28(54)42-13-14-47(16-24(50)30(55)32(57)26(52)18-48)17-25(51)31(56)33(58)27(53)19-49/h4-11,24-27,30-33,48-53,55-58H,1-3,12-19H2,(H,42,54)(H4,40,41,45)(H2,43,46,59,60)/t24-,25-,26+,27+,30+,31+,32+,33+/m0/s1. The third-order valence-corrected chi connectivity index (χ3v) is 9.70. The van der Waals surface area contributed by atoms with E-state index in [2.05, 4.69) is 25.9 Å². The highest BCUT2D eigenvalue weighted by molar-refractivity contribution is 6.31. The number of nitrogens with one attached hydrogen (secondary N) is 3. The third kappa shape index (κ3) is 15.4. The van der Waals surface area contributed by atoms with Crippen LogP contribution in [-0.4, -0.2) is 179 Å². The summed E-state index contributed by atoms with van der Waals surface area (Å²) in [6, 6.07) is 14.5. The molecule has 0 fully saturated rings. The van der Waals surface area contributed by atoms with Gasteiger partial charge in [0.05, 0.1) is 31.8 Å². The predicted octanol–water partition coefficient (Wildman–Crippen LogP) is -3.74. The number of nitrogens with zero attached hydrogens (tertiary/aromatic N) is 3. The molecule has 0 aliphatic carbocycles. The van der Waals surface area contributed by atoms with Gasteiger partial charge in [-0.25, -0.2) is 14.8 Å². The smallest absolute Gasteiger partial charge is 0.321 e. The van der Waals surface area contributed by atoms with Gasteiger partial charge >= 0.3 is 6.03 Å². The predicted molar refractivity (Wildman–Crippen MR) is 217 cm³/mol. The van der Waals surface area contributed by atoms with Crippen molar-refractivity contribution in [3.8, 4) is 11.1 Å². The van der Waals surface area contributed by atoms with Gasteiger partial charge in [0.15, 0.2) is 22.5 Å². The van der Waals surface area contributed by atoms with Crippen molar-refractivity contribution >= 4 is 41.1 Å². The number of hydrogen-bond donors (Lipinski definition) is 15. The first-order valence-electron chi connectivity index (χ1n) is 19.0. The van der Waals surface area contributed by atoms with Crippen LogP contribution in [-0.2, 0) is 17.6 Å². The molecule has 8 atom stereocenters.